The molecule has 4 nitrogen and oxygen atoms in total. The maximum atomic E-state index is 12.7. The summed E-state index contributed by atoms with van der Waals surface area (Å²) >= 11 is 0. The highest BCUT2D eigenvalue weighted by atomic mass is 16.5. The Bertz CT molecular complexity index is 433. The lowest BCUT2D eigenvalue weighted by atomic mass is 9.82. The first kappa shape index (κ1) is 27.0. The predicted molar refractivity (Wildman–Crippen MR) is 123 cm³/mol. The van der Waals surface area contributed by atoms with Gasteiger partial charge in [0.25, 0.3) is 0 Å². The zero-order valence-electron chi connectivity index (χ0n) is 20.6. The van der Waals surface area contributed by atoms with Crippen molar-refractivity contribution in [2.24, 2.45) is 23.7 Å². The van der Waals surface area contributed by atoms with Crippen molar-refractivity contribution in [1.82, 2.24) is 0 Å². The molecule has 0 bridgehead atoms. The van der Waals surface area contributed by atoms with Crippen molar-refractivity contribution < 1.29 is 19.1 Å². The van der Waals surface area contributed by atoms with Crippen LogP contribution in [0, 0.1) is 23.7 Å². The van der Waals surface area contributed by atoms with Gasteiger partial charge in [-0.15, -0.1) is 0 Å². The molecular formula is C26H48O4. The lowest BCUT2D eigenvalue weighted by molar-refractivity contribution is -0.163. The molecule has 1 fully saturated rings. The molecule has 176 valence electrons. The van der Waals surface area contributed by atoms with Gasteiger partial charge in [0.1, 0.15) is 12.2 Å². The first-order chi connectivity index (χ1) is 14.3. The smallest absolute Gasteiger partial charge is 0.309 e. The molecule has 2 unspecified atom stereocenters. The molecule has 1 aliphatic carbocycles. The minimum atomic E-state index is -0.0630. The van der Waals surface area contributed by atoms with Gasteiger partial charge in [0, 0.05) is 0 Å². The summed E-state index contributed by atoms with van der Waals surface area (Å²) in [6.45, 7) is 12.9. The van der Waals surface area contributed by atoms with Gasteiger partial charge in [-0.2, -0.15) is 0 Å². The largest absolute Gasteiger partial charge is 0.462 e. The van der Waals surface area contributed by atoms with Crippen molar-refractivity contribution in [2.45, 2.75) is 131 Å². The molecule has 1 aliphatic rings. The number of unbranched alkanes of at least 4 members (excludes halogenated alkanes) is 4. The van der Waals surface area contributed by atoms with Crippen molar-refractivity contribution >= 4 is 11.9 Å². The van der Waals surface area contributed by atoms with E-state index in [1.807, 2.05) is 0 Å². The average Bonchev–Trinajstić information content (AvgIpc) is 2.72. The fourth-order valence-corrected chi connectivity index (χ4v) is 4.30. The average molecular weight is 425 g/mol. The summed E-state index contributed by atoms with van der Waals surface area (Å²) in [6, 6.07) is 0. The van der Waals surface area contributed by atoms with Gasteiger partial charge < -0.3 is 9.47 Å². The molecule has 0 aromatic rings. The number of ether oxygens (including phenoxy) is 2. The van der Waals surface area contributed by atoms with Gasteiger partial charge in [0.05, 0.1) is 11.8 Å². The maximum Gasteiger partial charge on any atom is 0.309 e. The Hall–Kier alpha value is -1.06. The molecule has 0 aliphatic heterocycles. The van der Waals surface area contributed by atoms with Crippen molar-refractivity contribution in [3.05, 3.63) is 0 Å². The molecule has 0 heterocycles. The van der Waals surface area contributed by atoms with Gasteiger partial charge in [0.15, 0.2) is 0 Å². The van der Waals surface area contributed by atoms with Crippen LogP contribution in [0.15, 0.2) is 0 Å². The normalized spacial score (nSPS) is 21.5. The summed E-state index contributed by atoms with van der Waals surface area (Å²) in [5.74, 6) is 0.447. The van der Waals surface area contributed by atoms with Crippen molar-refractivity contribution in [3.63, 3.8) is 0 Å². The fraction of sp³-hybridized carbons (Fsp3) is 0.923. The van der Waals surface area contributed by atoms with E-state index in [1.165, 1.54) is 25.7 Å². The molecule has 0 amide bonds. The van der Waals surface area contributed by atoms with E-state index < -0.39 is 0 Å². The molecule has 30 heavy (non-hydrogen) atoms. The lowest BCUT2D eigenvalue weighted by Gasteiger charge is -2.30. The van der Waals surface area contributed by atoms with E-state index in [-0.39, 0.29) is 36.0 Å². The monoisotopic (exact) mass is 424 g/mol. The molecule has 2 atom stereocenters. The Morgan fingerprint density at radius 1 is 0.667 bits per heavy atom. The zero-order chi connectivity index (χ0) is 22.5. The Kier molecular flexibility index (Phi) is 13.4. The molecule has 0 radical (unpaired) electrons. The zero-order valence-corrected chi connectivity index (χ0v) is 20.6. The van der Waals surface area contributed by atoms with E-state index in [4.69, 9.17) is 9.47 Å². The SMILES string of the molecule is CCCCCC(OC(=O)C1CCC(C(=O)OC(CCCCC)C(C)C)CC1)C(C)C. The molecule has 0 aromatic heterocycles. The van der Waals surface area contributed by atoms with Crippen molar-refractivity contribution in [2.75, 3.05) is 0 Å². The highest BCUT2D eigenvalue weighted by molar-refractivity contribution is 5.75. The topological polar surface area (TPSA) is 52.6 Å². The van der Waals surface area contributed by atoms with Crippen molar-refractivity contribution in [3.8, 4) is 0 Å². The summed E-state index contributed by atoms with van der Waals surface area (Å²) in [6.07, 6.45) is 11.8. The van der Waals surface area contributed by atoms with E-state index in [0.717, 1.165) is 51.4 Å². The van der Waals surface area contributed by atoms with E-state index >= 15 is 0 Å². The van der Waals surface area contributed by atoms with Crippen LogP contribution < -0.4 is 0 Å². The second kappa shape index (κ2) is 14.9. The standard InChI is InChI=1S/C26H48O4/c1-7-9-11-13-23(19(3)4)29-25(27)21-15-17-22(18-16-21)26(28)30-24(20(5)6)14-12-10-8-2/h19-24H,7-18H2,1-6H3. The molecule has 0 N–H and O–H groups in total. The highest BCUT2D eigenvalue weighted by Gasteiger charge is 2.34. The van der Waals surface area contributed by atoms with Gasteiger partial charge in [0.2, 0.25) is 0 Å². The minimum Gasteiger partial charge on any atom is -0.462 e. The third-order valence-corrected chi connectivity index (χ3v) is 6.60. The third-order valence-electron chi connectivity index (χ3n) is 6.60. The van der Waals surface area contributed by atoms with Crippen LogP contribution >= 0.6 is 0 Å². The molecule has 1 rings (SSSR count). The summed E-state index contributed by atoms with van der Waals surface area (Å²) < 4.78 is 11.8. The van der Waals surface area contributed by atoms with Crippen LogP contribution in [-0.4, -0.2) is 24.1 Å². The van der Waals surface area contributed by atoms with Gasteiger partial charge in [-0.3, -0.25) is 9.59 Å². The molecule has 0 aromatic carbocycles. The van der Waals surface area contributed by atoms with Crippen LogP contribution in [-0.2, 0) is 19.1 Å². The Labute approximate surface area is 185 Å². The first-order valence-electron chi connectivity index (χ1n) is 12.7. The van der Waals surface area contributed by atoms with Crippen LogP contribution in [0.1, 0.15) is 119 Å². The van der Waals surface area contributed by atoms with E-state index in [0.29, 0.717) is 11.8 Å². The van der Waals surface area contributed by atoms with Gasteiger partial charge >= 0.3 is 11.9 Å². The Morgan fingerprint density at radius 3 is 1.27 bits per heavy atom. The van der Waals surface area contributed by atoms with E-state index in [9.17, 15) is 9.59 Å². The number of carbonyl (C=O) groups excluding carboxylic acids is 2. The summed E-state index contributed by atoms with van der Waals surface area (Å²) in [7, 11) is 0. The number of esters is 2. The van der Waals surface area contributed by atoms with Crippen LogP contribution in [0.4, 0.5) is 0 Å². The molecule has 4 heteroatoms. The van der Waals surface area contributed by atoms with Crippen LogP contribution in [0.5, 0.6) is 0 Å². The highest BCUT2D eigenvalue weighted by Crippen LogP contribution is 2.32. The molecule has 1 saturated carbocycles. The number of hydrogen-bond donors (Lipinski definition) is 0. The second-order valence-electron chi connectivity index (χ2n) is 9.98. The summed E-state index contributed by atoms with van der Waals surface area (Å²) in [5, 5.41) is 0. The van der Waals surface area contributed by atoms with E-state index in [1.54, 1.807) is 0 Å². The van der Waals surface area contributed by atoms with Gasteiger partial charge in [-0.25, -0.2) is 0 Å². The number of carbonyl (C=O) groups is 2. The maximum absolute atomic E-state index is 12.7. The summed E-state index contributed by atoms with van der Waals surface area (Å²) in [4.78, 5) is 25.4. The molecule has 0 spiro atoms. The fourth-order valence-electron chi connectivity index (χ4n) is 4.30. The summed E-state index contributed by atoms with van der Waals surface area (Å²) in [5.41, 5.74) is 0. The number of hydrogen-bond acceptors (Lipinski definition) is 4. The van der Waals surface area contributed by atoms with Gasteiger partial charge in [-0.1, -0.05) is 67.2 Å². The van der Waals surface area contributed by atoms with Crippen molar-refractivity contribution in [1.29, 1.82) is 0 Å². The van der Waals surface area contributed by atoms with Gasteiger partial charge in [-0.05, 0) is 63.2 Å². The lowest BCUT2D eigenvalue weighted by Crippen LogP contribution is -2.33. The number of rotatable bonds is 14. The van der Waals surface area contributed by atoms with Crippen LogP contribution in [0.2, 0.25) is 0 Å². The predicted octanol–water partition coefficient (Wildman–Crippen LogP) is 7.09. The quantitative estimate of drug-likeness (QED) is 0.221. The van der Waals surface area contributed by atoms with Crippen LogP contribution in [0.3, 0.4) is 0 Å². The third kappa shape index (κ3) is 9.83. The van der Waals surface area contributed by atoms with Crippen LogP contribution in [0.25, 0.3) is 0 Å². The minimum absolute atomic E-state index is 0.0154. The first-order valence-corrected chi connectivity index (χ1v) is 12.7. The second-order valence-corrected chi connectivity index (χ2v) is 9.98. The Balaban J connectivity index is 2.46. The Morgan fingerprint density at radius 2 is 1.00 bits per heavy atom. The molecule has 0 saturated heterocycles. The molecular weight excluding hydrogens is 376 g/mol. The van der Waals surface area contributed by atoms with E-state index in [2.05, 4.69) is 41.5 Å².